The zero-order chi connectivity index (χ0) is 13.7. The van der Waals surface area contributed by atoms with Gasteiger partial charge in [0.05, 0.1) is 20.6 Å². The Morgan fingerprint density at radius 1 is 1.28 bits per heavy atom. The highest BCUT2D eigenvalue weighted by molar-refractivity contribution is 5.69. The molecular weight excluding hydrogens is 236 g/mol. The highest BCUT2D eigenvalue weighted by Gasteiger charge is 2.23. The van der Waals surface area contributed by atoms with Gasteiger partial charge in [0.15, 0.2) is 0 Å². The molecule has 0 aliphatic carbocycles. The second-order valence-electron chi connectivity index (χ2n) is 3.97. The van der Waals surface area contributed by atoms with Crippen molar-refractivity contribution < 1.29 is 24.5 Å². The van der Waals surface area contributed by atoms with Gasteiger partial charge in [0.1, 0.15) is 17.2 Å². The molecule has 1 unspecified atom stereocenters. The molecule has 1 aromatic rings. The summed E-state index contributed by atoms with van der Waals surface area (Å²) < 4.78 is 10.4. The lowest BCUT2D eigenvalue weighted by Crippen LogP contribution is -2.08. The molecule has 0 aliphatic rings. The number of carboxylic acids is 1. The summed E-state index contributed by atoms with van der Waals surface area (Å²) in [7, 11) is 2.95. The topological polar surface area (TPSA) is 76.0 Å². The van der Waals surface area contributed by atoms with Crippen LogP contribution in [0.3, 0.4) is 0 Å². The summed E-state index contributed by atoms with van der Waals surface area (Å²) in [6.07, 6.45) is 0.637. The third-order valence-electron chi connectivity index (χ3n) is 2.85. The van der Waals surface area contributed by atoms with Gasteiger partial charge >= 0.3 is 5.97 Å². The second-order valence-corrected chi connectivity index (χ2v) is 3.97. The number of benzene rings is 1. The van der Waals surface area contributed by atoms with Gasteiger partial charge in [-0.2, -0.15) is 0 Å². The maximum Gasteiger partial charge on any atom is 0.303 e. The Bertz CT molecular complexity index is 402. The average Bonchev–Trinajstić information content (AvgIpc) is 2.34. The predicted octanol–water partition coefficient (Wildman–Crippen LogP) is 2.38. The first-order valence-corrected chi connectivity index (χ1v) is 5.70. The SMILES string of the molecule is CCC(CC(=O)O)c1c(OC)cc(O)cc1OC. The van der Waals surface area contributed by atoms with Gasteiger partial charge in [-0.05, 0) is 6.42 Å². The Morgan fingerprint density at radius 2 is 1.78 bits per heavy atom. The molecule has 0 fully saturated rings. The minimum atomic E-state index is -0.876. The van der Waals surface area contributed by atoms with E-state index < -0.39 is 5.97 Å². The van der Waals surface area contributed by atoms with Crippen molar-refractivity contribution in [3.8, 4) is 17.2 Å². The molecule has 0 amide bonds. The fourth-order valence-electron chi connectivity index (χ4n) is 1.99. The van der Waals surface area contributed by atoms with Gasteiger partial charge in [-0.3, -0.25) is 4.79 Å². The highest BCUT2D eigenvalue weighted by atomic mass is 16.5. The molecule has 18 heavy (non-hydrogen) atoms. The van der Waals surface area contributed by atoms with Crippen molar-refractivity contribution in [1.29, 1.82) is 0 Å². The fourth-order valence-corrected chi connectivity index (χ4v) is 1.99. The molecule has 1 aromatic carbocycles. The van der Waals surface area contributed by atoms with Crippen LogP contribution in [-0.4, -0.2) is 30.4 Å². The molecule has 5 nitrogen and oxygen atoms in total. The minimum Gasteiger partial charge on any atom is -0.508 e. The van der Waals surface area contributed by atoms with Crippen LogP contribution >= 0.6 is 0 Å². The monoisotopic (exact) mass is 254 g/mol. The van der Waals surface area contributed by atoms with Crippen LogP contribution in [0.5, 0.6) is 17.2 Å². The number of aromatic hydroxyl groups is 1. The molecule has 0 bridgehead atoms. The summed E-state index contributed by atoms with van der Waals surface area (Å²) in [5.41, 5.74) is 0.683. The Kier molecular flexibility index (Phi) is 4.83. The lowest BCUT2D eigenvalue weighted by Gasteiger charge is -2.20. The third kappa shape index (κ3) is 3.06. The molecule has 2 N–H and O–H groups in total. The minimum absolute atomic E-state index is 0.00596. The van der Waals surface area contributed by atoms with Crippen LogP contribution < -0.4 is 9.47 Å². The predicted molar refractivity (Wildman–Crippen MR) is 66.5 cm³/mol. The van der Waals surface area contributed by atoms with E-state index in [2.05, 4.69) is 0 Å². The van der Waals surface area contributed by atoms with Crippen molar-refractivity contribution in [2.24, 2.45) is 0 Å². The van der Waals surface area contributed by atoms with Crippen LogP contribution in [0.4, 0.5) is 0 Å². The van der Waals surface area contributed by atoms with Gasteiger partial charge in [-0.1, -0.05) is 6.92 Å². The van der Waals surface area contributed by atoms with Crippen molar-refractivity contribution in [2.75, 3.05) is 14.2 Å². The first-order valence-electron chi connectivity index (χ1n) is 5.70. The largest absolute Gasteiger partial charge is 0.508 e. The molecule has 0 saturated carbocycles. The molecule has 0 spiro atoms. The maximum absolute atomic E-state index is 10.9. The van der Waals surface area contributed by atoms with Crippen molar-refractivity contribution in [3.05, 3.63) is 17.7 Å². The summed E-state index contributed by atoms with van der Waals surface area (Å²) in [6, 6.07) is 2.92. The first-order chi connectivity index (χ1) is 8.53. The van der Waals surface area contributed by atoms with Crippen LogP contribution in [0.2, 0.25) is 0 Å². The first kappa shape index (κ1) is 14.2. The molecule has 0 heterocycles. The zero-order valence-corrected chi connectivity index (χ0v) is 10.8. The highest BCUT2D eigenvalue weighted by Crippen LogP contribution is 2.41. The molecule has 0 aliphatic heterocycles. The molecule has 0 saturated heterocycles. The van der Waals surface area contributed by atoms with Crippen LogP contribution in [0.1, 0.15) is 31.2 Å². The average molecular weight is 254 g/mol. The van der Waals surface area contributed by atoms with Crippen LogP contribution in [0.15, 0.2) is 12.1 Å². The molecule has 5 heteroatoms. The summed E-state index contributed by atoms with van der Waals surface area (Å²) in [5.74, 6) is -0.176. The zero-order valence-electron chi connectivity index (χ0n) is 10.8. The van der Waals surface area contributed by atoms with E-state index in [0.717, 1.165) is 0 Å². The van der Waals surface area contributed by atoms with Crippen molar-refractivity contribution >= 4 is 5.97 Å². The van der Waals surface area contributed by atoms with Gasteiger partial charge < -0.3 is 19.7 Å². The van der Waals surface area contributed by atoms with E-state index >= 15 is 0 Å². The van der Waals surface area contributed by atoms with Crippen LogP contribution in [0.25, 0.3) is 0 Å². The van der Waals surface area contributed by atoms with E-state index in [1.807, 2.05) is 6.92 Å². The molecular formula is C13H18O5. The summed E-state index contributed by atoms with van der Waals surface area (Å²) in [5, 5.41) is 18.5. The molecule has 0 aromatic heterocycles. The standard InChI is InChI=1S/C13H18O5/c1-4-8(5-12(15)16)13-10(17-2)6-9(14)7-11(13)18-3/h6-8,14H,4-5H2,1-3H3,(H,15,16). The number of ether oxygens (including phenoxy) is 2. The Balaban J connectivity index is 3.29. The van der Waals surface area contributed by atoms with Gasteiger partial charge in [-0.25, -0.2) is 0 Å². The molecule has 0 radical (unpaired) electrons. The number of carboxylic acid groups (broad SMARTS) is 1. The summed E-state index contributed by atoms with van der Waals surface area (Å²) in [6.45, 7) is 1.90. The van der Waals surface area contributed by atoms with Gasteiger partial charge in [0.25, 0.3) is 0 Å². The number of phenols is 1. The number of aliphatic carboxylic acids is 1. The Labute approximate surface area is 106 Å². The number of hydrogen-bond donors (Lipinski definition) is 2. The third-order valence-corrected chi connectivity index (χ3v) is 2.85. The molecule has 1 rings (SSSR count). The number of rotatable bonds is 6. The molecule has 100 valence electrons. The van der Waals surface area contributed by atoms with E-state index in [4.69, 9.17) is 14.6 Å². The normalized spacial score (nSPS) is 11.9. The number of hydrogen-bond acceptors (Lipinski definition) is 4. The smallest absolute Gasteiger partial charge is 0.303 e. The maximum atomic E-state index is 10.9. The Morgan fingerprint density at radius 3 is 2.11 bits per heavy atom. The fraction of sp³-hybridized carbons (Fsp3) is 0.462. The van der Waals surface area contributed by atoms with Gasteiger partial charge in [-0.15, -0.1) is 0 Å². The van der Waals surface area contributed by atoms with E-state index in [9.17, 15) is 9.90 Å². The quantitative estimate of drug-likeness (QED) is 0.815. The van der Waals surface area contributed by atoms with E-state index in [0.29, 0.717) is 23.5 Å². The van der Waals surface area contributed by atoms with Gasteiger partial charge in [0, 0.05) is 23.6 Å². The second kappa shape index (κ2) is 6.14. The van der Waals surface area contributed by atoms with Crippen molar-refractivity contribution in [2.45, 2.75) is 25.7 Å². The van der Waals surface area contributed by atoms with Crippen LogP contribution in [-0.2, 0) is 4.79 Å². The lowest BCUT2D eigenvalue weighted by molar-refractivity contribution is -0.137. The number of carbonyl (C=O) groups is 1. The van der Waals surface area contributed by atoms with E-state index in [-0.39, 0.29) is 18.1 Å². The van der Waals surface area contributed by atoms with Crippen LogP contribution in [0, 0.1) is 0 Å². The Hall–Kier alpha value is -1.91. The molecule has 1 atom stereocenters. The van der Waals surface area contributed by atoms with Crippen molar-refractivity contribution in [1.82, 2.24) is 0 Å². The number of methoxy groups -OCH3 is 2. The summed E-state index contributed by atoms with van der Waals surface area (Å²) in [4.78, 5) is 10.9. The summed E-state index contributed by atoms with van der Waals surface area (Å²) >= 11 is 0. The number of phenolic OH excluding ortho intramolecular Hbond substituents is 1. The lowest BCUT2D eigenvalue weighted by atomic mass is 9.91. The van der Waals surface area contributed by atoms with Crippen molar-refractivity contribution in [3.63, 3.8) is 0 Å². The van der Waals surface area contributed by atoms with E-state index in [1.54, 1.807) is 0 Å². The van der Waals surface area contributed by atoms with E-state index in [1.165, 1.54) is 26.4 Å². The van der Waals surface area contributed by atoms with Gasteiger partial charge in [0.2, 0.25) is 0 Å².